The molecule has 18 heavy (non-hydrogen) atoms. The molecule has 1 aromatic rings. The van der Waals surface area contributed by atoms with Crippen LogP contribution in [0.3, 0.4) is 0 Å². The molecule has 0 aliphatic carbocycles. The highest BCUT2D eigenvalue weighted by Gasteiger charge is 2.35. The van der Waals surface area contributed by atoms with Crippen LogP contribution in [-0.4, -0.2) is 38.4 Å². The first kappa shape index (κ1) is 12.6. The molecule has 1 atom stereocenters. The molecule has 0 saturated heterocycles. The molecule has 1 aliphatic heterocycles. The van der Waals surface area contributed by atoms with Gasteiger partial charge in [0.25, 0.3) is 6.29 Å². The number of ether oxygens (including phenoxy) is 4. The van der Waals surface area contributed by atoms with Crippen molar-refractivity contribution in [3.8, 4) is 11.5 Å². The summed E-state index contributed by atoms with van der Waals surface area (Å²) >= 11 is 0. The summed E-state index contributed by atoms with van der Waals surface area (Å²) in [5, 5.41) is 10.2. The van der Waals surface area contributed by atoms with E-state index in [1.54, 1.807) is 12.1 Å². The number of rotatable bonds is 4. The van der Waals surface area contributed by atoms with Crippen molar-refractivity contribution in [1.82, 2.24) is 0 Å². The lowest BCUT2D eigenvalue weighted by molar-refractivity contribution is -0.177. The van der Waals surface area contributed by atoms with Crippen molar-refractivity contribution in [2.45, 2.75) is 6.29 Å². The average molecular weight is 256 g/mol. The summed E-state index contributed by atoms with van der Waals surface area (Å²) in [6, 6.07) is 4.67. The van der Waals surface area contributed by atoms with Crippen LogP contribution in [0.25, 0.3) is 0 Å². The molecule has 0 aromatic heterocycles. The van der Waals surface area contributed by atoms with E-state index in [-0.39, 0.29) is 18.2 Å². The quantitative estimate of drug-likeness (QED) is 0.487. The molecule has 1 amide bonds. The highest BCUT2D eigenvalue weighted by Crippen LogP contribution is 2.36. The minimum Gasteiger partial charge on any atom is -0.497 e. The first-order valence-electron chi connectivity index (χ1n) is 5.15. The standard InChI is InChI=1S/C11H13NO6/c1-15-6-17-11-10(13)12(14)8-4-3-7(16-2)5-9(8)18-11/h3-5,11,14H,6H2,1-2H3/i11+1. The molecule has 0 saturated carbocycles. The topological polar surface area (TPSA) is 77.5 Å². The van der Waals surface area contributed by atoms with E-state index >= 15 is 0 Å². The number of hydrogen-bond acceptors (Lipinski definition) is 6. The van der Waals surface area contributed by atoms with Gasteiger partial charge in [-0.15, -0.1) is 0 Å². The maximum absolute atomic E-state index is 11.7. The fourth-order valence-corrected chi connectivity index (χ4v) is 1.51. The van der Waals surface area contributed by atoms with Crippen molar-refractivity contribution in [2.24, 2.45) is 0 Å². The van der Waals surface area contributed by atoms with E-state index < -0.39 is 12.2 Å². The minimum atomic E-state index is -1.24. The largest absolute Gasteiger partial charge is 0.497 e. The second kappa shape index (κ2) is 5.21. The average Bonchev–Trinajstić information content (AvgIpc) is 2.40. The van der Waals surface area contributed by atoms with Crippen LogP contribution in [0.4, 0.5) is 5.69 Å². The van der Waals surface area contributed by atoms with Crippen molar-refractivity contribution in [2.75, 3.05) is 26.1 Å². The molecule has 0 bridgehead atoms. The van der Waals surface area contributed by atoms with Gasteiger partial charge in [0.1, 0.15) is 11.4 Å². The van der Waals surface area contributed by atoms with E-state index in [4.69, 9.17) is 14.2 Å². The Hall–Kier alpha value is -1.83. The molecule has 7 nitrogen and oxygen atoms in total. The van der Waals surface area contributed by atoms with Crippen LogP contribution >= 0.6 is 0 Å². The number of carbonyl (C=O) groups excluding carboxylic acids is 1. The van der Waals surface area contributed by atoms with Crippen LogP contribution in [-0.2, 0) is 14.3 Å². The van der Waals surface area contributed by atoms with Crippen LogP contribution in [0.15, 0.2) is 18.2 Å². The summed E-state index contributed by atoms with van der Waals surface area (Å²) in [4.78, 5) is 11.7. The van der Waals surface area contributed by atoms with Gasteiger partial charge in [0, 0.05) is 13.2 Å². The Bertz CT molecular complexity index is 449. The van der Waals surface area contributed by atoms with Gasteiger partial charge in [-0.3, -0.25) is 10.0 Å². The predicted molar refractivity (Wildman–Crippen MR) is 59.6 cm³/mol. The van der Waals surface area contributed by atoms with Gasteiger partial charge in [0.05, 0.1) is 7.11 Å². The highest BCUT2D eigenvalue weighted by atomic mass is 16.8. The van der Waals surface area contributed by atoms with Crippen molar-refractivity contribution in [3.05, 3.63) is 18.2 Å². The number of anilines is 1. The Labute approximate surface area is 103 Å². The summed E-state index contributed by atoms with van der Waals surface area (Å²) < 4.78 is 20.0. The third-order valence-electron chi connectivity index (χ3n) is 2.38. The van der Waals surface area contributed by atoms with E-state index in [0.717, 1.165) is 0 Å². The number of nitrogens with zero attached hydrogens (tertiary/aromatic N) is 1. The summed E-state index contributed by atoms with van der Waals surface area (Å²) in [6.45, 7) is -0.121. The molecule has 7 heteroatoms. The molecule has 0 spiro atoms. The van der Waals surface area contributed by atoms with Crippen molar-refractivity contribution >= 4 is 11.6 Å². The molecular weight excluding hydrogens is 243 g/mol. The van der Waals surface area contributed by atoms with E-state index in [1.165, 1.54) is 20.3 Å². The van der Waals surface area contributed by atoms with E-state index in [1.807, 2.05) is 0 Å². The molecule has 1 aromatic carbocycles. The van der Waals surface area contributed by atoms with Crippen molar-refractivity contribution in [1.29, 1.82) is 0 Å². The summed E-state index contributed by atoms with van der Waals surface area (Å²) in [6.07, 6.45) is -1.24. The summed E-state index contributed by atoms with van der Waals surface area (Å²) in [7, 11) is 2.92. The number of amides is 1. The van der Waals surface area contributed by atoms with Crippen molar-refractivity contribution < 1.29 is 28.9 Å². The van der Waals surface area contributed by atoms with Gasteiger partial charge in [0.2, 0.25) is 0 Å². The van der Waals surface area contributed by atoms with E-state index in [2.05, 4.69) is 4.74 Å². The van der Waals surface area contributed by atoms with Crippen LogP contribution < -0.4 is 14.5 Å². The fraction of sp³-hybridized carbons (Fsp3) is 0.364. The number of fused-ring (bicyclic) bond motifs is 1. The van der Waals surface area contributed by atoms with Gasteiger partial charge in [-0.25, -0.2) is 0 Å². The van der Waals surface area contributed by atoms with E-state index in [0.29, 0.717) is 10.8 Å². The lowest BCUT2D eigenvalue weighted by Gasteiger charge is -2.29. The van der Waals surface area contributed by atoms with Gasteiger partial charge in [-0.05, 0) is 12.1 Å². The summed E-state index contributed by atoms with van der Waals surface area (Å²) in [5.74, 6) is 0.115. The maximum Gasteiger partial charge on any atom is 0.320 e. The molecule has 1 unspecified atom stereocenters. The first-order chi connectivity index (χ1) is 8.67. The van der Waals surface area contributed by atoms with Gasteiger partial charge >= 0.3 is 5.91 Å². The third kappa shape index (κ3) is 2.23. The zero-order valence-electron chi connectivity index (χ0n) is 9.95. The zero-order chi connectivity index (χ0) is 13.1. The SMILES string of the molecule is COCO[13CH]1Oc2cc(OC)ccc2N(O)C1=O. The Morgan fingerprint density at radius 2 is 2.22 bits per heavy atom. The van der Waals surface area contributed by atoms with Gasteiger partial charge in [0.15, 0.2) is 12.5 Å². The molecule has 1 aliphatic rings. The van der Waals surface area contributed by atoms with Gasteiger partial charge in [-0.2, -0.15) is 5.06 Å². The second-order valence-corrected chi connectivity index (χ2v) is 3.51. The third-order valence-corrected chi connectivity index (χ3v) is 2.38. The fourth-order valence-electron chi connectivity index (χ4n) is 1.51. The Balaban J connectivity index is 2.26. The number of hydroxylamine groups is 1. The highest BCUT2D eigenvalue weighted by molar-refractivity contribution is 5.97. The predicted octanol–water partition coefficient (Wildman–Crippen LogP) is 0.756. The molecule has 2 rings (SSSR count). The number of methoxy groups -OCH3 is 2. The van der Waals surface area contributed by atoms with Crippen LogP contribution in [0.1, 0.15) is 0 Å². The van der Waals surface area contributed by atoms with Crippen LogP contribution in [0.5, 0.6) is 11.5 Å². The molecule has 1 heterocycles. The Kier molecular flexibility index (Phi) is 3.66. The monoisotopic (exact) mass is 256 g/mol. The normalized spacial score (nSPS) is 18.3. The summed E-state index contributed by atoms with van der Waals surface area (Å²) in [5.41, 5.74) is 0.234. The lowest BCUT2D eigenvalue weighted by Crippen LogP contribution is -2.45. The molecule has 1 N–H and O–H groups in total. The Morgan fingerprint density at radius 1 is 1.44 bits per heavy atom. The van der Waals surface area contributed by atoms with Gasteiger partial charge in [-0.1, -0.05) is 0 Å². The number of carbonyl (C=O) groups is 1. The molecule has 0 fully saturated rings. The smallest absolute Gasteiger partial charge is 0.320 e. The first-order valence-corrected chi connectivity index (χ1v) is 5.15. The van der Waals surface area contributed by atoms with Crippen LogP contribution in [0, 0.1) is 0 Å². The Morgan fingerprint density at radius 3 is 2.89 bits per heavy atom. The van der Waals surface area contributed by atoms with Crippen molar-refractivity contribution in [3.63, 3.8) is 0 Å². The molecule has 98 valence electrons. The second-order valence-electron chi connectivity index (χ2n) is 3.51. The lowest BCUT2D eigenvalue weighted by atomic mass is 10.2. The van der Waals surface area contributed by atoms with Crippen LogP contribution in [0.2, 0.25) is 0 Å². The maximum atomic E-state index is 11.7. The number of benzene rings is 1. The van der Waals surface area contributed by atoms with Gasteiger partial charge < -0.3 is 18.9 Å². The molecular formula is C11H13NO6. The minimum absolute atomic E-state index is 0.121. The van der Waals surface area contributed by atoms with E-state index in [9.17, 15) is 10.0 Å². The zero-order valence-corrected chi connectivity index (χ0v) is 9.95. The molecule has 0 radical (unpaired) electrons. The number of hydrogen-bond donors (Lipinski definition) is 1.